The average Bonchev–Trinajstić information content (AvgIpc) is 3.31. The predicted molar refractivity (Wildman–Crippen MR) is 136 cm³/mol. The number of thioether (sulfide) groups is 1. The summed E-state index contributed by atoms with van der Waals surface area (Å²) in [7, 11) is 1.64. The van der Waals surface area contributed by atoms with E-state index in [1.54, 1.807) is 61.6 Å². The zero-order valence-corrected chi connectivity index (χ0v) is 20.2. The third-order valence-corrected chi connectivity index (χ3v) is 6.69. The molecule has 2 amide bonds. The molecule has 0 aliphatic carbocycles. The number of nitrogens with one attached hydrogen (secondary N) is 2. The fraction of sp³-hybridized carbons (Fsp3) is 0.167. The van der Waals surface area contributed by atoms with Gasteiger partial charge in [-0.25, -0.2) is 4.98 Å². The van der Waals surface area contributed by atoms with Crippen LogP contribution < -0.4 is 20.9 Å². The largest absolute Gasteiger partial charge is 0.494 e. The van der Waals surface area contributed by atoms with Gasteiger partial charge in [-0.2, -0.15) is 0 Å². The molecular formula is C24H22N4O4S2. The van der Waals surface area contributed by atoms with Gasteiger partial charge in [0.05, 0.1) is 17.7 Å². The van der Waals surface area contributed by atoms with Gasteiger partial charge in [-0.15, -0.1) is 11.3 Å². The first-order valence-electron chi connectivity index (χ1n) is 10.5. The highest BCUT2D eigenvalue weighted by Gasteiger charge is 2.12. The molecule has 2 aromatic carbocycles. The molecule has 10 heteroatoms. The van der Waals surface area contributed by atoms with Crippen molar-refractivity contribution in [3.05, 3.63) is 75.9 Å². The Morgan fingerprint density at radius 2 is 1.71 bits per heavy atom. The van der Waals surface area contributed by atoms with Crippen molar-refractivity contribution in [2.75, 3.05) is 23.0 Å². The number of thiophene rings is 1. The molecule has 34 heavy (non-hydrogen) atoms. The Labute approximate surface area is 204 Å². The molecule has 174 valence electrons. The van der Waals surface area contributed by atoms with Crippen LogP contribution in [0.3, 0.4) is 0 Å². The number of nitrogens with zero attached hydrogens (tertiary/aromatic N) is 2. The molecule has 0 unspecified atom stereocenters. The number of carbonyl (C=O) groups is 2. The molecule has 0 aliphatic heterocycles. The minimum absolute atomic E-state index is 0.0944. The molecule has 0 aliphatic rings. The summed E-state index contributed by atoms with van der Waals surface area (Å²) in [6.45, 7) is 2.49. The summed E-state index contributed by atoms with van der Waals surface area (Å²) >= 11 is 2.58. The molecule has 2 heterocycles. The lowest BCUT2D eigenvalue weighted by atomic mass is 10.2. The topological polar surface area (TPSA) is 102 Å². The maximum atomic E-state index is 12.5. The number of ether oxygens (including phenoxy) is 1. The Balaban J connectivity index is 1.32. The van der Waals surface area contributed by atoms with Crippen molar-refractivity contribution in [3.63, 3.8) is 0 Å². The quantitative estimate of drug-likeness (QED) is 0.278. The number of hydrogen-bond acceptors (Lipinski definition) is 7. The number of rotatable bonds is 8. The summed E-state index contributed by atoms with van der Waals surface area (Å²) < 4.78 is 6.84. The number of aromatic nitrogens is 2. The van der Waals surface area contributed by atoms with Crippen LogP contribution in [0.25, 0.3) is 10.2 Å². The highest BCUT2D eigenvalue weighted by molar-refractivity contribution is 7.99. The minimum atomic E-state index is -0.256. The third kappa shape index (κ3) is 5.46. The molecule has 2 N–H and O–H groups in total. The number of benzene rings is 2. The number of anilines is 2. The molecule has 4 rings (SSSR count). The van der Waals surface area contributed by atoms with Gasteiger partial charge in [-0.05, 0) is 66.9 Å². The van der Waals surface area contributed by atoms with Crippen LogP contribution in [-0.2, 0) is 11.8 Å². The SMILES string of the molecule is CCOc1ccc(NC(=O)c2ccc(NC(=O)CSc3nc4sccc4c(=O)n3C)cc2)cc1. The van der Waals surface area contributed by atoms with Gasteiger partial charge in [0.15, 0.2) is 5.16 Å². The van der Waals surface area contributed by atoms with Gasteiger partial charge in [-0.1, -0.05) is 11.8 Å². The normalized spacial score (nSPS) is 10.8. The van der Waals surface area contributed by atoms with E-state index in [0.29, 0.717) is 38.9 Å². The van der Waals surface area contributed by atoms with E-state index in [9.17, 15) is 14.4 Å². The lowest BCUT2D eigenvalue weighted by molar-refractivity contribution is -0.113. The van der Waals surface area contributed by atoms with Crippen LogP contribution in [0.15, 0.2) is 69.9 Å². The fourth-order valence-corrected chi connectivity index (χ4v) is 4.72. The second-order valence-corrected chi connectivity index (χ2v) is 9.06. The minimum Gasteiger partial charge on any atom is -0.494 e. The van der Waals surface area contributed by atoms with E-state index in [2.05, 4.69) is 15.6 Å². The summed E-state index contributed by atoms with van der Waals surface area (Å²) in [5.41, 5.74) is 1.56. The van der Waals surface area contributed by atoms with Crippen LogP contribution >= 0.6 is 23.1 Å². The Hall–Kier alpha value is -3.63. The Bertz CT molecular complexity index is 1380. The van der Waals surface area contributed by atoms with E-state index in [0.717, 1.165) is 5.75 Å². The van der Waals surface area contributed by atoms with Crippen molar-refractivity contribution in [3.8, 4) is 5.75 Å². The Morgan fingerprint density at radius 3 is 2.41 bits per heavy atom. The van der Waals surface area contributed by atoms with Crippen LogP contribution in [0.2, 0.25) is 0 Å². The molecule has 0 saturated carbocycles. The first kappa shape index (κ1) is 23.5. The van der Waals surface area contributed by atoms with E-state index in [1.807, 2.05) is 12.3 Å². The van der Waals surface area contributed by atoms with Crippen LogP contribution in [0.4, 0.5) is 11.4 Å². The second-order valence-electron chi connectivity index (χ2n) is 7.22. The van der Waals surface area contributed by atoms with E-state index >= 15 is 0 Å². The zero-order chi connectivity index (χ0) is 24.1. The summed E-state index contributed by atoms with van der Waals surface area (Å²) in [6, 6.07) is 15.5. The van der Waals surface area contributed by atoms with Crippen LogP contribution in [-0.4, -0.2) is 33.7 Å². The monoisotopic (exact) mass is 494 g/mol. The summed E-state index contributed by atoms with van der Waals surface area (Å²) in [5, 5.41) is 8.50. The van der Waals surface area contributed by atoms with E-state index in [4.69, 9.17) is 4.74 Å². The number of hydrogen-bond donors (Lipinski definition) is 2. The molecule has 0 radical (unpaired) electrons. The standard InChI is InChI=1S/C24H22N4O4S2/c1-3-32-18-10-8-17(9-11-18)26-21(30)15-4-6-16(7-5-15)25-20(29)14-34-24-27-22-19(12-13-33-22)23(31)28(24)2/h4-13H,3,14H2,1-2H3,(H,25,29)(H,26,30). The molecular weight excluding hydrogens is 472 g/mol. The lowest BCUT2D eigenvalue weighted by Crippen LogP contribution is -2.20. The maximum Gasteiger partial charge on any atom is 0.262 e. The van der Waals surface area contributed by atoms with Crippen molar-refractivity contribution in [1.82, 2.24) is 9.55 Å². The van der Waals surface area contributed by atoms with Gasteiger partial charge in [0.25, 0.3) is 11.5 Å². The molecule has 4 aromatic rings. The van der Waals surface area contributed by atoms with Gasteiger partial charge in [0.1, 0.15) is 10.6 Å². The first-order valence-corrected chi connectivity index (χ1v) is 12.3. The maximum absolute atomic E-state index is 12.5. The van der Waals surface area contributed by atoms with Crippen molar-refractivity contribution in [2.24, 2.45) is 7.05 Å². The molecule has 0 bridgehead atoms. The first-order chi connectivity index (χ1) is 16.4. The van der Waals surface area contributed by atoms with Gasteiger partial charge in [-0.3, -0.25) is 19.0 Å². The van der Waals surface area contributed by atoms with Crippen molar-refractivity contribution in [2.45, 2.75) is 12.1 Å². The van der Waals surface area contributed by atoms with Gasteiger partial charge >= 0.3 is 0 Å². The highest BCUT2D eigenvalue weighted by atomic mass is 32.2. The smallest absolute Gasteiger partial charge is 0.262 e. The number of fused-ring (bicyclic) bond motifs is 1. The molecule has 8 nitrogen and oxygen atoms in total. The van der Waals surface area contributed by atoms with Gasteiger partial charge < -0.3 is 15.4 Å². The molecule has 2 aromatic heterocycles. The summed E-state index contributed by atoms with van der Waals surface area (Å²) in [4.78, 5) is 42.4. The van der Waals surface area contributed by atoms with Crippen LogP contribution in [0.1, 0.15) is 17.3 Å². The van der Waals surface area contributed by atoms with Crippen LogP contribution in [0, 0.1) is 0 Å². The van der Waals surface area contributed by atoms with E-state index < -0.39 is 0 Å². The van der Waals surface area contributed by atoms with Gasteiger partial charge in [0.2, 0.25) is 5.91 Å². The molecule has 0 fully saturated rings. The second kappa shape index (κ2) is 10.5. The van der Waals surface area contributed by atoms with Gasteiger partial charge in [0, 0.05) is 24.0 Å². The number of carbonyl (C=O) groups excluding carboxylic acids is 2. The Kier molecular flexibility index (Phi) is 7.29. The summed E-state index contributed by atoms with van der Waals surface area (Å²) in [6.07, 6.45) is 0. The highest BCUT2D eigenvalue weighted by Crippen LogP contribution is 2.21. The fourth-order valence-electron chi connectivity index (χ4n) is 3.15. The zero-order valence-electron chi connectivity index (χ0n) is 18.5. The van der Waals surface area contributed by atoms with E-state index in [1.165, 1.54) is 27.7 Å². The predicted octanol–water partition coefficient (Wildman–Crippen LogP) is 4.38. The van der Waals surface area contributed by atoms with Crippen molar-refractivity contribution >= 4 is 56.5 Å². The summed E-state index contributed by atoms with van der Waals surface area (Å²) in [5.74, 6) is 0.339. The van der Waals surface area contributed by atoms with Crippen LogP contribution in [0.5, 0.6) is 5.75 Å². The Morgan fingerprint density at radius 1 is 1.03 bits per heavy atom. The molecule has 0 saturated heterocycles. The number of amides is 2. The third-order valence-electron chi connectivity index (χ3n) is 4.85. The molecule has 0 spiro atoms. The average molecular weight is 495 g/mol. The lowest BCUT2D eigenvalue weighted by Gasteiger charge is -2.09. The van der Waals surface area contributed by atoms with E-state index in [-0.39, 0.29) is 23.1 Å². The molecule has 0 atom stereocenters. The van der Waals surface area contributed by atoms with Crippen molar-refractivity contribution in [1.29, 1.82) is 0 Å². The van der Waals surface area contributed by atoms with Crippen molar-refractivity contribution < 1.29 is 14.3 Å².